The van der Waals surface area contributed by atoms with Crippen molar-refractivity contribution in [2.45, 2.75) is 32.4 Å². The van der Waals surface area contributed by atoms with Crippen molar-refractivity contribution in [1.29, 1.82) is 0 Å². The van der Waals surface area contributed by atoms with Crippen LogP contribution in [0.5, 0.6) is 0 Å². The Hall–Kier alpha value is -1.43. The van der Waals surface area contributed by atoms with Gasteiger partial charge in [-0.2, -0.15) is 5.10 Å². The molecule has 0 unspecified atom stereocenters. The van der Waals surface area contributed by atoms with Gasteiger partial charge in [0.05, 0.1) is 11.8 Å². The summed E-state index contributed by atoms with van der Waals surface area (Å²) in [7, 11) is 1.87. The molecule has 2 aromatic rings. The molecule has 23 heavy (non-hydrogen) atoms. The summed E-state index contributed by atoms with van der Waals surface area (Å²) < 4.78 is 1.73. The van der Waals surface area contributed by atoms with Crippen molar-refractivity contribution in [3.63, 3.8) is 0 Å². The van der Waals surface area contributed by atoms with E-state index in [1.165, 1.54) is 5.56 Å². The van der Waals surface area contributed by atoms with E-state index in [4.69, 9.17) is 11.6 Å². The molecule has 0 aliphatic carbocycles. The van der Waals surface area contributed by atoms with E-state index in [0.717, 1.165) is 37.2 Å². The third-order valence-corrected chi connectivity index (χ3v) is 5.07. The molecule has 5 nitrogen and oxygen atoms in total. The monoisotopic (exact) mass is 334 g/mol. The maximum absolute atomic E-state index is 10.4. The number of pyridine rings is 1. The Labute approximate surface area is 141 Å². The molecule has 0 spiro atoms. The van der Waals surface area contributed by atoms with Crippen LogP contribution in [0, 0.1) is 5.92 Å². The Morgan fingerprint density at radius 2 is 2.04 bits per heavy atom. The average Bonchev–Trinajstić information content (AvgIpc) is 3.03. The number of likely N-dealkylation sites (tertiary alicyclic amines) is 1. The zero-order chi connectivity index (χ0) is 16.4. The lowest BCUT2D eigenvalue weighted by Crippen LogP contribution is -2.22. The highest BCUT2D eigenvalue weighted by Crippen LogP contribution is 2.27. The molecule has 0 saturated carbocycles. The van der Waals surface area contributed by atoms with Crippen LogP contribution in [0.15, 0.2) is 24.5 Å². The summed E-state index contributed by atoms with van der Waals surface area (Å²) in [6, 6.07) is 4.03. The van der Waals surface area contributed by atoms with Crippen LogP contribution < -0.4 is 0 Å². The van der Waals surface area contributed by atoms with E-state index in [2.05, 4.69) is 21.9 Å². The molecule has 1 saturated heterocycles. The lowest BCUT2D eigenvalue weighted by atomic mass is 9.97. The second-order valence-corrected chi connectivity index (χ2v) is 6.63. The van der Waals surface area contributed by atoms with Gasteiger partial charge in [-0.25, -0.2) is 0 Å². The second-order valence-electron chi connectivity index (χ2n) is 6.27. The van der Waals surface area contributed by atoms with E-state index in [1.807, 2.05) is 19.2 Å². The maximum Gasteiger partial charge on any atom is 0.131 e. The maximum atomic E-state index is 10.4. The number of hydrogen-bond acceptors (Lipinski definition) is 4. The van der Waals surface area contributed by atoms with Gasteiger partial charge in [0.1, 0.15) is 5.15 Å². The molecule has 1 fully saturated rings. The van der Waals surface area contributed by atoms with Gasteiger partial charge in [0, 0.05) is 50.6 Å². The molecule has 124 valence electrons. The summed E-state index contributed by atoms with van der Waals surface area (Å²) in [4.78, 5) is 6.32. The number of hydrogen-bond donors (Lipinski definition) is 1. The standard InChI is InChI=1S/C17H23ClN4O/c1-3-15-14(17(18)21(2)20-15)10-22-9-13(16(23)11-22)8-12-4-6-19-7-5-12/h4-7,13,16,23H,3,8-11H2,1-2H3/t13-,16-/m1/s1. The Bertz CT molecular complexity index is 658. The van der Waals surface area contributed by atoms with E-state index < -0.39 is 0 Å². The highest BCUT2D eigenvalue weighted by Gasteiger charge is 2.32. The van der Waals surface area contributed by atoms with E-state index in [0.29, 0.717) is 11.7 Å². The van der Waals surface area contributed by atoms with Crippen LogP contribution in [-0.2, 0) is 26.4 Å². The molecule has 2 atom stereocenters. The summed E-state index contributed by atoms with van der Waals surface area (Å²) in [5.41, 5.74) is 3.36. The van der Waals surface area contributed by atoms with E-state index in [-0.39, 0.29) is 12.0 Å². The number of β-amino-alcohol motifs (C(OH)–C–C–N with tert-alkyl or cyclic N) is 1. The molecule has 3 rings (SSSR count). The number of aliphatic hydroxyl groups excluding tert-OH is 1. The van der Waals surface area contributed by atoms with Crippen LogP contribution in [0.3, 0.4) is 0 Å². The smallest absolute Gasteiger partial charge is 0.131 e. The van der Waals surface area contributed by atoms with Gasteiger partial charge in [0.15, 0.2) is 0 Å². The van der Waals surface area contributed by atoms with Crippen LogP contribution in [0.4, 0.5) is 0 Å². The highest BCUT2D eigenvalue weighted by atomic mass is 35.5. The Balaban J connectivity index is 1.67. The highest BCUT2D eigenvalue weighted by molar-refractivity contribution is 6.30. The molecule has 0 aromatic carbocycles. The van der Waals surface area contributed by atoms with Crippen molar-refractivity contribution in [3.8, 4) is 0 Å². The first-order chi connectivity index (χ1) is 11.1. The van der Waals surface area contributed by atoms with Gasteiger partial charge in [0.25, 0.3) is 0 Å². The number of halogens is 1. The van der Waals surface area contributed by atoms with Crippen molar-refractivity contribution in [2.24, 2.45) is 13.0 Å². The van der Waals surface area contributed by atoms with Crippen molar-refractivity contribution >= 4 is 11.6 Å². The van der Waals surface area contributed by atoms with Crippen LogP contribution >= 0.6 is 11.6 Å². The fourth-order valence-electron chi connectivity index (χ4n) is 3.36. The molecule has 3 heterocycles. The van der Waals surface area contributed by atoms with Crippen LogP contribution in [0.2, 0.25) is 5.15 Å². The summed E-state index contributed by atoms with van der Waals surface area (Å²) >= 11 is 6.38. The Kier molecular flexibility index (Phi) is 4.99. The lowest BCUT2D eigenvalue weighted by molar-refractivity contribution is 0.141. The van der Waals surface area contributed by atoms with Gasteiger partial charge in [-0.1, -0.05) is 18.5 Å². The lowest BCUT2D eigenvalue weighted by Gasteiger charge is -2.16. The minimum atomic E-state index is -0.302. The number of rotatable bonds is 5. The summed E-state index contributed by atoms with van der Waals surface area (Å²) in [6.07, 6.45) is 5.05. The fraction of sp³-hybridized carbons (Fsp3) is 0.529. The summed E-state index contributed by atoms with van der Waals surface area (Å²) in [5, 5.41) is 15.6. The second kappa shape index (κ2) is 6.99. The van der Waals surface area contributed by atoms with Crippen LogP contribution in [-0.4, -0.2) is 44.0 Å². The molecule has 1 aliphatic heterocycles. The number of nitrogens with zero attached hydrogens (tertiary/aromatic N) is 4. The van der Waals surface area contributed by atoms with Gasteiger partial charge in [-0.05, 0) is 30.5 Å². The predicted octanol–water partition coefficient (Wildman–Crippen LogP) is 2.07. The Morgan fingerprint density at radius 3 is 2.74 bits per heavy atom. The van der Waals surface area contributed by atoms with E-state index >= 15 is 0 Å². The topological polar surface area (TPSA) is 54.2 Å². The minimum Gasteiger partial charge on any atom is -0.391 e. The predicted molar refractivity (Wildman–Crippen MR) is 90.3 cm³/mol. The third kappa shape index (κ3) is 3.57. The van der Waals surface area contributed by atoms with E-state index in [1.54, 1.807) is 17.1 Å². The van der Waals surface area contributed by atoms with Gasteiger partial charge >= 0.3 is 0 Å². The van der Waals surface area contributed by atoms with E-state index in [9.17, 15) is 5.11 Å². The summed E-state index contributed by atoms with van der Waals surface area (Å²) in [5.74, 6) is 0.248. The molecule has 0 radical (unpaired) electrons. The number of aromatic nitrogens is 3. The SMILES string of the molecule is CCc1nn(C)c(Cl)c1CN1C[C@@H](Cc2ccncc2)[C@H](O)C1. The largest absolute Gasteiger partial charge is 0.391 e. The normalized spacial score (nSPS) is 21.9. The van der Waals surface area contributed by atoms with Crippen molar-refractivity contribution in [1.82, 2.24) is 19.7 Å². The van der Waals surface area contributed by atoms with Gasteiger partial charge in [-0.15, -0.1) is 0 Å². The van der Waals surface area contributed by atoms with Crippen molar-refractivity contribution in [3.05, 3.63) is 46.5 Å². The first kappa shape index (κ1) is 16.4. The average molecular weight is 335 g/mol. The minimum absolute atomic E-state index is 0.248. The molecule has 1 N–H and O–H groups in total. The van der Waals surface area contributed by atoms with Crippen molar-refractivity contribution in [2.75, 3.05) is 13.1 Å². The fourth-order valence-corrected chi connectivity index (χ4v) is 3.56. The third-order valence-electron chi connectivity index (χ3n) is 4.60. The number of aliphatic hydroxyl groups is 1. The molecule has 6 heteroatoms. The van der Waals surface area contributed by atoms with Gasteiger partial charge < -0.3 is 5.11 Å². The Morgan fingerprint density at radius 1 is 1.30 bits per heavy atom. The molecule has 1 aliphatic rings. The van der Waals surface area contributed by atoms with Gasteiger partial charge in [0.2, 0.25) is 0 Å². The van der Waals surface area contributed by atoms with Crippen LogP contribution in [0.1, 0.15) is 23.7 Å². The first-order valence-corrected chi connectivity index (χ1v) is 8.45. The first-order valence-electron chi connectivity index (χ1n) is 8.08. The van der Waals surface area contributed by atoms with Crippen molar-refractivity contribution < 1.29 is 5.11 Å². The van der Waals surface area contributed by atoms with Gasteiger partial charge in [-0.3, -0.25) is 14.6 Å². The molecule has 2 aromatic heterocycles. The molecular formula is C17H23ClN4O. The zero-order valence-electron chi connectivity index (χ0n) is 13.6. The zero-order valence-corrected chi connectivity index (χ0v) is 14.4. The quantitative estimate of drug-likeness (QED) is 0.909. The molecular weight excluding hydrogens is 312 g/mol. The molecule has 0 bridgehead atoms. The van der Waals surface area contributed by atoms with Crippen LogP contribution in [0.25, 0.3) is 0 Å². The molecule has 0 amide bonds. The number of aryl methyl sites for hydroxylation is 2. The summed E-state index contributed by atoms with van der Waals surface area (Å²) in [6.45, 7) is 4.40.